The maximum atomic E-state index is 14.6. The number of nitrogens with zero attached hydrogens (tertiary/aromatic N) is 3. The predicted octanol–water partition coefficient (Wildman–Crippen LogP) is 4.46. The number of benzene rings is 2. The van der Waals surface area contributed by atoms with Crippen molar-refractivity contribution in [3.63, 3.8) is 0 Å². The number of rotatable bonds is 34. The van der Waals surface area contributed by atoms with Gasteiger partial charge in [0.25, 0.3) is 0 Å². The molecule has 1 heterocycles. The average Bonchev–Trinajstić information content (AvgIpc) is 3.90. The summed E-state index contributed by atoms with van der Waals surface area (Å²) in [4.78, 5) is 134. The van der Waals surface area contributed by atoms with Crippen molar-refractivity contribution in [1.29, 1.82) is 0 Å². The van der Waals surface area contributed by atoms with Crippen LogP contribution in [0.3, 0.4) is 0 Å². The Hall–Kier alpha value is -7.30. The first kappa shape index (κ1) is 68.0. The molecule has 1 fully saturated rings. The van der Waals surface area contributed by atoms with Gasteiger partial charge in [0.1, 0.15) is 24.7 Å². The van der Waals surface area contributed by atoms with E-state index in [9.17, 15) is 47.9 Å². The molecule has 0 spiro atoms. The summed E-state index contributed by atoms with van der Waals surface area (Å²) in [5.74, 6) is -4.91. The largest absolute Gasteiger partial charge is 0.481 e. The first-order valence-corrected chi connectivity index (χ1v) is 28.2. The van der Waals surface area contributed by atoms with Gasteiger partial charge in [-0.1, -0.05) is 90.4 Å². The van der Waals surface area contributed by atoms with Gasteiger partial charge in [0.2, 0.25) is 41.4 Å². The molecule has 0 aromatic heterocycles. The maximum Gasteiger partial charge on any atom is 0.410 e. The molecule has 1 aliphatic rings. The van der Waals surface area contributed by atoms with Gasteiger partial charge in [-0.15, -0.1) is 0 Å². The highest BCUT2D eigenvalue weighted by Gasteiger charge is 2.41. The molecule has 3 rings (SSSR count). The number of aliphatic carboxylic acids is 1. The average molecular weight is 1140 g/mol. The summed E-state index contributed by atoms with van der Waals surface area (Å²) in [6.07, 6.45) is 2.44. The van der Waals surface area contributed by atoms with E-state index in [0.717, 1.165) is 18.4 Å². The molecule has 0 unspecified atom stereocenters. The number of methoxy groups -OCH3 is 1. The smallest absolute Gasteiger partial charge is 0.410 e. The normalized spacial score (nSPS) is 15.7. The van der Waals surface area contributed by atoms with Crippen LogP contribution in [0.4, 0.5) is 15.3 Å². The zero-order valence-electron chi connectivity index (χ0n) is 49.0. The summed E-state index contributed by atoms with van der Waals surface area (Å²) in [6, 6.07) is 11.7. The standard InChI is InChI=1S/C58H90N10O13/c1-11-38(6)53(45(80-10)33-49(72)68-31-17-20-43(68)28-29-47(70)62-39(7)32-40-18-13-12-14-19-40)66(8)56(77)51(36(2)3)65-55(76)52(37(4)5)67(9)58(79)81-35-41-24-26-42(27-25-41)63-54(75)44(21-16-30-60-57(59)78)64-48(71)34-61-46(69)22-15-23-50(73)74/h12-14,18-19,24-27,36-39,43-45,51-53H,11,15-17,20-23,28-35H2,1-10H3,(H,61,69)(H,62,70)(H,63,75)(H,64,71)(H,65,76)(H,73,74)(H3,59,60,78)/t38-,39+,43-,44-,45+,51-,52-,53-/m0/s1. The Labute approximate surface area is 477 Å². The van der Waals surface area contributed by atoms with Crippen LogP contribution < -0.4 is 37.6 Å². The highest BCUT2D eigenvalue weighted by molar-refractivity contribution is 5.98. The van der Waals surface area contributed by atoms with E-state index in [1.807, 2.05) is 69.9 Å². The Kier molecular flexibility index (Phi) is 29.2. The molecule has 1 saturated heterocycles. The fraction of sp³-hybridized carbons (Fsp3) is 0.621. The molecule has 23 nitrogen and oxygen atoms in total. The molecule has 1 aliphatic heterocycles. The summed E-state index contributed by atoms with van der Waals surface area (Å²) in [7, 11) is 4.62. The molecule has 81 heavy (non-hydrogen) atoms. The molecule has 8 atom stereocenters. The number of urea groups is 1. The highest BCUT2D eigenvalue weighted by Crippen LogP contribution is 2.28. The van der Waals surface area contributed by atoms with E-state index in [1.165, 1.54) is 19.1 Å². The van der Waals surface area contributed by atoms with E-state index in [2.05, 4.69) is 31.9 Å². The summed E-state index contributed by atoms with van der Waals surface area (Å²) < 4.78 is 11.7. The van der Waals surface area contributed by atoms with Gasteiger partial charge >= 0.3 is 18.1 Å². The van der Waals surface area contributed by atoms with Gasteiger partial charge < -0.3 is 62.0 Å². The van der Waals surface area contributed by atoms with Crippen molar-refractivity contribution < 1.29 is 62.5 Å². The number of nitrogens with two attached hydrogens (primary N) is 1. The molecule has 0 saturated carbocycles. The van der Waals surface area contributed by atoms with Gasteiger partial charge in [0, 0.05) is 71.3 Å². The number of hydrogen-bond acceptors (Lipinski definition) is 12. The second kappa shape index (κ2) is 34.8. The molecule has 450 valence electrons. The lowest BCUT2D eigenvalue weighted by Gasteiger charge is -2.40. The van der Waals surface area contributed by atoms with E-state index < -0.39 is 84.5 Å². The van der Waals surface area contributed by atoms with Gasteiger partial charge in [-0.25, -0.2) is 9.59 Å². The molecule has 0 aliphatic carbocycles. The number of anilines is 1. The Morgan fingerprint density at radius 1 is 0.765 bits per heavy atom. The van der Waals surface area contributed by atoms with Gasteiger partial charge in [-0.05, 0) is 92.9 Å². The van der Waals surface area contributed by atoms with Crippen LogP contribution in [0.25, 0.3) is 0 Å². The molecule has 0 radical (unpaired) electrons. The van der Waals surface area contributed by atoms with E-state index in [0.29, 0.717) is 37.1 Å². The number of primary amides is 1. The summed E-state index contributed by atoms with van der Waals surface area (Å²) >= 11 is 0. The molecule has 0 bridgehead atoms. The molecule has 23 heteroatoms. The van der Waals surface area contributed by atoms with E-state index in [4.69, 9.17) is 20.3 Å². The monoisotopic (exact) mass is 1130 g/mol. The highest BCUT2D eigenvalue weighted by atomic mass is 16.6. The third-order valence-electron chi connectivity index (χ3n) is 14.6. The van der Waals surface area contributed by atoms with Crippen molar-refractivity contribution in [1.82, 2.24) is 41.3 Å². The fourth-order valence-corrected chi connectivity index (χ4v) is 10.0. The Balaban J connectivity index is 1.63. The van der Waals surface area contributed by atoms with Crippen LogP contribution in [-0.2, 0) is 60.9 Å². The number of carboxylic acids is 1. The predicted molar refractivity (Wildman–Crippen MR) is 305 cm³/mol. The van der Waals surface area contributed by atoms with Crippen LogP contribution in [0, 0.1) is 17.8 Å². The van der Waals surface area contributed by atoms with Crippen molar-refractivity contribution in [2.24, 2.45) is 23.5 Å². The summed E-state index contributed by atoms with van der Waals surface area (Å²) in [6.45, 7) is 13.2. The van der Waals surface area contributed by atoms with Crippen molar-refractivity contribution in [2.45, 2.75) is 174 Å². The minimum absolute atomic E-state index is 0.00934. The number of carbonyl (C=O) groups excluding carboxylic acids is 9. The maximum absolute atomic E-state index is 14.6. The lowest BCUT2D eigenvalue weighted by Crippen LogP contribution is -2.60. The number of nitrogens with one attached hydrogen (secondary N) is 6. The lowest BCUT2D eigenvalue weighted by atomic mass is 9.89. The SMILES string of the molecule is CC[C@H](C)[C@@H]([C@@H](CC(=O)N1CCC[C@H]1CCC(=O)N[C@H](C)Cc1ccccc1)OC)N(C)C(=O)[C@@H](NC(=O)[C@H](C(C)C)N(C)C(=O)OCc1ccc(NC(=O)[C@H](CCCNC(N)=O)NC(=O)CNC(=O)CCCC(=O)O)cc1)C(C)C. The number of amides is 10. The topological polar surface area (TPSA) is 317 Å². The van der Waals surface area contributed by atoms with Crippen LogP contribution in [-0.4, -0.2) is 162 Å². The molecule has 9 N–H and O–H groups in total. The number of likely N-dealkylation sites (N-methyl/N-ethyl adjacent to an activating group) is 2. The van der Waals surface area contributed by atoms with E-state index in [-0.39, 0.29) is 99.7 Å². The van der Waals surface area contributed by atoms with Gasteiger partial charge in [-0.3, -0.25) is 43.3 Å². The van der Waals surface area contributed by atoms with Crippen molar-refractivity contribution in [2.75, 3.05) is 46.2 Å². The zero-order chi connectivity index (χ0) is 60.3. The number of ether oxygens (including phenoxy) is 2. The molecular weight excluding hydrogens is 1040 g/mol. The van der Waals surface area contributed by atoms with E-state index in [1.54, 1.807) is 50.1 Å². The van der Waals surface area contributed by atoms with Crippen LogP contribution in [0.15, 0.2) is 54.6 Å². The fourth-order valence-electron chi connectivity index (χ4n) is 10.0. The van der Waals surface area contributed by atoms with E-state index >= 15 is 0 Å². The lowest BCUT2D eigenvalue weighted by molar-refractivity contribution is -0.146. The van der Waals surface area contributed by atoms with Crippen LogP contribution in [0.5, 0.6) is 0 Å². The number of likely N-dealkylation sites (tertiary alicyclic amines) is 1. The second-order valence-electron chi connectivity index (χ2n) is 21.7. The minimum Gasteiger partial charge on any atom is -0.481 e. The Morgan fingerprint density at radius 3 is 2.05 bits per heavy atom. The van der Waals surface area contributed by atoms with Crippen molar-refractivity contribution >= 4 is 65.1 Å². The molecule has 10 amide bonds. The van der Waals surface area contributed by atoms with Crippen LogP contribution in [0.2, 0.25) is 0 Å². The summed E-state index contributed by atoms with van der Waals surface area (Å²) in [5, 5.41) is 24.9. The second-order valence-corrected chi connectivity index (χ2v) is 21.7. The zero-order valence-corrected chi connectivity index (χ0v) is 49.0. The number of carboxylic acid groups (broad SMARTS) is 1. The van der Waals surface area contributed by atoms with Gasteiger partial charge in [0.05, 0.1) is 25.1 Å². The first-order valence-electron chi connectivity index (χ1n) is 28.2. The third kappa shape index (κ3) is 23.4. The molecular formula is C58H90N10O13. The van der Waals surface area contributed by atoms with Crippen LogP contribution >= 0.6 is 0 Å². The number of carbonyl (C=O) groups is 10. The Bertz CT molecular complexity index is 2390. The molecule has 2 aromatic rings. The first-order chi connectivity index (χ1) is 38.4. The third-order valence-corrected chi connectivity index (χ3v) is 14.6. The quantitative estimate of drug-likeness (QED) is 0.0450. The Morgan fingerprint density at radius 2 is 1.44 bits per heavy atom. The van der Waals surface area contributed by atoms with Crippen molar-refractivity contribution in [3.8, 4) is 0 Å². The number of hydrogen-bond donors (Lipinski definition) is 8. The van der Waals surface area contributed by atoms with Gasteiger partial charge in [0.15, 0.2) is 0 Å². The summed E-state index contributed by atoms with van der Waals surface area (Å²) in [5.41, 5.74) is 7.15. The van der Waals surface area contributed by atoms with Crippen LogP contribution in [0.1, 0.15) is 130 Å². The van der Waals surface area contributed by atoms with Gasteiger partial charge in [-0.2, -0.15) is 0 Å². The molecule has 2 aromatic carbocycles. The van der Waals surface area contributed by atoms with Crippen molar-refractivity contribution in [3.05, 3.63) is 65.7 Å². The minimum atomic E-state index is -1.09.